The number of benzene rings is 1. The van der Waals surface area contributed by atoms with Gasteiger partial charge in [0.25, 0.3) is 0 Å². The minimum atomic E-state index is -0.000900. The highest BCUT2D eigenvalue weighted by Gasteiger charge is 2.18. The van der Waals surface area contributed by atoms with E-state index in [0.717, 1.165) is 17.7 Å². The van der Waals surface area contributed by atoms with Crippen LogP contribution in [0.15, 0.2) is 24.3 Å². The molecule has 1 amide bonds. The van der Waals surface area contributed by atoms with Crippen molar-refractivity contribution in [3.8, 4) is 5.75 Å². The van der Waals surface area contributed by atoms with E-state index < -0.39 is 0 Å². The fourth-order valence-corrected chi connectivity index (χ4v) is 2.97. The minimum absolute atomic E-state index is 0.000900. The Morgan fingerprint density at radius 3 is 2.71 bits per heavy atom. The van der Waals surface area contributed by atoms with Crippen molar-refractivity contribution < 1.29 is 9.53 Å². The van der Waals surface area contributed by atoms with Gasteiger partial charge in [0.2, 0.25) is 5.91 Å². The van der Waals surface area contributed by atoms with Crippen LogP contribution < -0.4 is 15.4 Å². The molecule has 21 heavy (non-hydrogen) atoms. The van der Waals surface area contributed by atoms with Crippen molar-refractivity contribution in [3.63, 3.8) is 0 Å². The Morgan fingerprint density at radius 1 is 1.33 bits per heavy atom. The largest absolute Gasteiger partial charge is 0.496 e. The quantitative estimate of drug-likeness (QED) is 0.812. The highest BCUT2D eigenvalue weighted by atomic mass is 16.5. The maximum atomic E-state index is 12.1. The summed E-state index contributed by atoms with van der Waals surface area (Å²) in [6.45, 7) is 2.47. The van der Waals surface area contributed by atoms with Crippen molar-refractivity contribution in [2.45, 2.75) is 51.1 Å². The molecule has 1 aromatic carbocycles. The van der Waals surface area contributed by atoms with Crippen LogP contribution in [0.2, 0.25) is 0 Å². The van der Waals surface area contributed by atoms with E-state index in [-0.39, 0.29) is 11.9 Å². The molecule has 2 N–H and O–H groups in total. The summed E-state index contributed by atoms with van der Waals surface area (Å²) in [4.78, 5) is 12.1. The average molecular weight is 290 g/mol. The number of carbonyl (C=O) groups excluding carboxylic acids is 1. The van der Waals surface area contributed by atoms with E-state index in [9.17, 15) is 4.79 Å². The number of carbonyl (C=O) groups is 1. The first-order valence-corrected chi connectivity index (χ1v) is 7.90. The SMILES string of the molecule is CCC(NC(=O)CNC1CCCC1)c1ccccc1OC. The van der Waals surface area contributed by atoms with E-state index >= 15 is 0 Å². The summed E-state index contributed by atoms with van der Waals surface area (Å²) in [7, 11) is 1.66. The van der Waals surface area contributed by atoms with E-state index in [4.69, 9.17) is 4.74 Å². The molecule has 1 unspecified atom stereocenters. The van der Waals surface area contributed by atoms with Crippen molar-refractivity contribution in [3.05, 3.63) is 29.8 Å². The summed E-state index contributed by atoms with van der Waals surface area (Å²) < 4.78 is 5.38. The number of para-hydroxylation sites is 1. The van der Waals surface area contributed by atoms with Crippen molar-refractivity contribution in [1.82, 2.24) is 10.6 Å². The minimum Gasteiger partial charge on any atom is -0.496 e. The molecule has 1 saturated carbocycles. The molecule has 4 nitrogen and oxygen atoms in total. The number of methoxy groups -OCH3 is 1. The molecule has 0 aliphatic heterocycles. The Morgan fingerprint density at radius 2 is 2.05 bits per heavy atom. The zero-order valence-corrected chi connectivity index (χ0v) is 13.0. The molecule has 0 radical (unpaired) electrons. The molecule has 0 aromatic heterocycles. The number of ether oxygens (including phenoxy) is 1. The summed E-state index contributed by atoms with van der Waals surface area (Å²) in [5.41, 5.74) is 1.04. The Balaban J connectivity index is 1.90. The number of rotatable bonds is 7. The molecule has 0 spiro atoms. The fourth-order valence-electron chi connectivity index (χ4n) is 2.97. The molecule has 1 aliphatic rings. The monoisotopic (exact) mass is 290 g/mol. The summed E-state index contributed by atoms with van der Waals surface area (Å²) in [5, 5.41) is 6.45. The van der Waals surface area contributed by atoms with Crippen LogP contribution in [0.25, 0.3) is 0 Å². The van der Waals surface area contributed by atoms with Gasteiger partial charge in [-0.3, -0.25) is 4.79 Å². The van der Waals surface area contributed by atoms with Gasteiger partial charge in [-0.25, -0.2) is 0 Å². The number of hydrogen-bond acceptors (Lipinski definition) is 3. The van der Waals surface area contributed by atoms with Gasteiger partial charge in [0.15, 0.2) is 0 Å². The maximum Gasteiger partial charge on any atom is 0.234 e. The third kappa shape index (κ3) is 4.46. The topological polar surface area (TPSA) is 50.4 Å². The summed E-state index contributed by atoms with van der Waals surface area (Å²) in [6, 6.07) is 8.38. The van der Waals surface area contributed by atoms with E-state index in [0.29, 0.717) is 12.6 Å². The van der Waals surface area contributed by atoms with Crippen LogP contribution in [0.1, 0.15) is 50.6 Å². The van der Waals surface area contributed by atoms with Gasteiger partial charge in [-0.1, -0.05) is 38.0 Å². The Hall–Kier alpha value is -1.55. The lowest BCUT2D eigenvalue weighted by Crippen LogP contribution is -2.39. The van der Waals surface area contributed by atoms with Gasteiger partial charge >= 0.3 is 0 Å². The van der Waals surface area contributed by atoms with Crippen LogP contribution in [0.3, 0.4) is 0 Å². The summed E-state index contributed by atoms with van der Waals surface area (Å²) >= 11 is 0. The van der Waals surface area contributed by atoms with Crippen LogP contribution in [0, 0.1) is 0 Å². The molecule has 1 aromatic rings. The first-order valence-electron chi connectivity index (χ1n) is 7.90. The lowest BCUT2D eigenvalue weighted by atomic mass is 10.0. The average Bonchev–Trinajstić information content (AvgIpc) is 3.04. The molecular weight excluding hydrogens is 264 g/mol. The molecule has 0 bridgehead atoms. The molecule has 2 rings (SSSR count). The molecule has 4 heteroatoms. The molecule has 0 heterocycles. The van der Waals surface area contributed by atoms with E-state index in [2.05, 4.69) is 17.6 Å². The Bertz CT molecular complexity index is 456. The van der Waals surface area contributed by atoms with E-state index in [1.54, 1.807) is 7.11 Å². The van der Waals surface area contributed by atoms with Gasteiger partial charge in [0.05, 0.1) is 19.7 Å². The van der Waals surface area contributed by atoms with Crippen LogP contribution >= 0.6 is 0 Å². The fraction of sp³-hybridized carbons (Fsp3) is 0.588. The maximum absolute atomic E-state index is 12.1. The summed E-state index contributed by atoms with van der Waals surface area (Å²) in [6.07, 6.45) is 5.78. The predicted molar refractivity (Wildman–Crippen MR) is 84.4 cm³/mol. The first kappa shape index (κ1) is 15.8. The smallest absolute Gasteiger partial charge is 0.234 e. The molecular formula is C17H26N2O2. The van der Waals surface area contributed by atoms with Gasteiger partial charge in [0.1, 0.15) is 5.75 Å². The van der Waals surface area contributed by atoms with Gasteiger partial charge < -0.3 is 15.4 Å². The van der Waals surface area contributed by atoms with Crippen LogP contribution in [0.5, 0.6) is 5.75 Å². The second-order valence-corrected chi connectivity index (χ2v) is 5.63. The summed E-state index contributed by atoms with van der Waals surface area (Å²) in [5.74, 6) is 0.882. The Kier molecular flexibility index (Phi) is 6.05. The third-order valence-electron chi connectivity index (χ3n) is 4.16. The number of nitrogens with one attached hydrogen (secondary N) is 2. The van der Waals surface area contributed by atoms with Crippen molar-refractivity contribution in [2.24, 2.45) is 0 Å². The van der Waals surface area contributed by atoms with Crippen LogP contribution in [0.4, 0.5) is 0 Å². The molecule has 1 aliphatic carbocycles. The van der Waals surface area contributed by atoms with E-state index in [1.807, 2.05) is 24.3 Å². The van der Waals surface area contributed by atoms with Crippen molar-refractivity contribution in [1.29, 1.82) is 0 Å². The van der Waals surface area contributed by atoms with E-state index in [1.165, 1.54) is 25.7 Å². The van der Waals surface area contributed by atoms with Gasteiger partial charge in [-0.2, -0.15) is 0 Å². The number of hydrogen-bond donors (Lipinski definition) is 2. The normalized spacial score (nSPS) is 16.7. The standard InChI is InChI=1S/C17H26N2O2/c1-3-15(14-10-6-7-11-16(14)21-2)19-17(20)12-18-13-8-4-5-9-13/h6-7,10-11,13,15,18H,3-5,8-9,12H2,1-2H3,(H,19,20). The zero-order chi connectivity index (χ0) is 15.1. The lowest BCUT2D eigenvalue weighted by Gasteiger charge is -2.20. The van der Waals surface area contributed by atoms with Crippen molar-refractivity contribution >= 4 is 5.91 Å². The molecule has 0 saturated heterocycles. The van der Waals surface area contributed by atoms with Crippen molar-refractivity contribution in [2.75, 3.05) is 13.7 Å². The van der Waals surface area contributed by atoms with Gasteiger partial charge in [-0.05, 0) is 25.3 Å². The predicted octanol–water partition coefficient (Wildman–Crippen LogP) is 2.79. The van der Waals surface area contributed by atoms with Gasteiger partial charge in [-0.15, -0.1) is 0 Å². The highest BCUT2D eigenvalue weighted by Crippen LogP contribution is 2.26. The molecule has 116 valence electrons. The van der Waals surface area contributed by atoms with Gasteiger partial charge in [0, 0.05) is 11.6 Å². The molecule has 1 atom stereocenters. The molecule has 1 fully saturated rings. The zero-order valence-electron chi connectivity index (χ0n) is 13.0. The lowest BCUT2D eigenvalue weighted by molar-refractivity contribution is -0.121. The highest BCUT2D eigenvalue weighted by molar-refractivity contribution is 5.78. The van der Waals surface area contributed by atoms with Crippen LogP contribution in [-0.4, -0.2) is 25.6 Å². The third-order valence-corrected chi connectivity index (χ3v) is 4.16. The first-order chi connectivity index (χ1) is 10.2. The second-order valence-electron chi connectivity index (χ2n) is 5.63. The van der Waals surface area contributed by atoms with Crippen LogP contribution in [-0.2, 0) is 4.79 Å². The Labute approximate surface area is 127 Å². The number of amides is 1. The second kappa shape index (κ2) is 8.03.